The van der Waals surface area contributed by atoms with Crippen molar-refractivity contribution >= 4 is 11.6 Å². The van der Waals surface area contributed by atoms with Gasteiger partial charge in [0.25, 0.3) is 5.91 Å². The van der Waals surface area contributed by atoms with Gasteiger partial charge in [0.2, 0.25) is 0 Å². The molecule has 9 nitrogen and oxygen atoms in total. The summed E-state index contributed by atoms with van der Waals surface area (Å²) in [6.07, 6.45) is 0. The Labute approximate surface area is 146 Å². The number of fused-ring (bicyclic) bond motifs is 1. The van der Waals surface area contributed by atoms with Crippen LogP contribution in [-0.4, -0.2) is 32.8 Å². The lowest BCUT2D eigenvalue weighted by molar-refractivity contribution is -0.121. The van der Waals surface area contributed by atoms with E-state index in [0.29, 0.717) is 11.1 Å². The Morgan fingerprint density at radius 3 is 2.31 bits per heavy atom. The van der Waals surface area contributed by atoms with E-state index in [1.807, 2.05) is 0 Å². The van der Waals surface area contributed by atoms with Crippen LogP contribution in [0.25, 0.3) is 5.69 Å². The molecule has 0 radical (unpaired) electrons. The van der Waals surface area contributed by atoms with E-state index in [1.54, 1.807) is 13.8 Å². The minimum absolute atomic E-state index is 0.0149. The van der Waals surface area contributed by atoms with E-state index >= 15 is 0 Å². The average molecular weight is 364 g/mol. The van der Waals surface area contributed by atoms with Crippen LogP contribution < -0.4 is 26.7 Å². The molecule has 0 saturated heterocycles. The lowest BCUT2D eigenvalue weighted by atomic mass is 10.2. The third-order valence-electron chi connectivity index (χ3n) is 4.26. The largest absolute Gasteiger partial charge is 0.481 e. The molecular formula is C16H17FN4O5. The van der Waals surface area contributed by atoms with Gasteiger partial charge in [0.15, 0.2) is 12.4 Å². The molecule has 10 heteroatoms. The van der Waals surface area contributed by atoms with Crippen molar-refractivity contribution in [2.45, 2.75) is 20.4 Å². The van der Waals surface area contributed by atoms with E-state index < -0.39 is 22.9 Å². The number of carbonyl (C=O) groups is 1. The van der Waals surface area contributed by atoms with Gasteiger partial charge in [-0.3, -0.25) is 4.79 Å². The minimum atomic E-state index is -0.977. The lowest BCUT2D eigenvalue weighted by Gasteiger charge is -2.29. The summed E-state index contributed by atoms with van der Waals surface area (Å²) < 4.78 is 22.0. The molecule has 1 aliphatic rings. The van der Waals surface area contributed by atoms with Crippen LogP contribution in [0.2, 0.25) is 0 Å². The summed E-state index contributed by atoms with van der Waals surface area (Å²) in [6.45, 7) is 3.40. The first-order chi connectivity index (χ1) is 12.3. The molecular weight excluding hydrogens is 347 g/mol. The minimum Gasteiger partial charge on any atom is -0.481 e. The van der Waals surface area contributed by atoms with Crippen molar-refractivity contribution in [3.8, 4) is 11.4 Å². The van der Waals surface area contributed by atoms with Crippen molar-refractivity contribution in [1.82, 2.24) is 13.7 Å². The molecule has 0 aliphatic carbocycles. The second-order valence-electron chi connectivity index (χ2n) is 5.68. The standard InChI is InChI=1S/C16H17FN4O5/c1-4-19-11-7-10(9(17)6-12(11)26-8-13(19)22)21-15(24)18(3)14(23)20(5-2)16(21)25/h6-7H,4-5,8H2,1-3H3. The first-order valence-corrected chi connectivity index (χ1v) is 8.01. The van der Waals surface area contributed by atoms with Gasteiger partial charge in [0.05, 0.1) is 11.4 Å². The van der Waals surface area contributed by atoms with Crippen LogP contribution in [0, 0.1) is 5.82 Å². The molecule has 0 bridgehead atoms. The van der Waals surface area contributed by atoms with Gasteiger partial charge < -0.3 is 9.64 Å². The number of carbonyl (C=O) groups excluding carboxylic acids is 1. The Balaban J connectivity index is 2.37. The van der Waals surface area contributed by atoms with E-state index in [1.165, 1.54) is 18.0 Å². The highest BCUT2D eigenvalue weighted by Crippen LogP contribution is 2.35. The van der Waals surface area contributed by atoms with Crippen LogP contribution in [0.1, 0.15) is 13.8 Å². The molecule has 2 aromatic rings. The fourth-order valence-corrected chi connectivity index (χ4v) is 2.90. The number of halogens is 1. The zero-order valence-corrected chi connectivity index (χ0v) is 14.5. The highest BCUT2D eigenvalue weighted by Gasteiger charge is 2.27. The molecule has 1 aromatic heterocycles. The summed E-state index contributed by atoms with van der Waals surface area (Å²) in [5.74, 6) is -1.06. The predicted octanol–water partition coefficient (Wildman–Crippen LogP) is -0.398. The van der Waals surface area contributed by atoms with Crippen molar-refractivity contribution in [3.05, 3.63) is 49.4 Å². The molecule has 0 atom stereocenters. The number of benzene rings is 1. The molecule has 1 aliphatic heterocycles. The number of anilines is 1. The summed E-state index contributed by atoms with van der Waals surface area (Å²) in [5.41, 5.74) is -2.82. The van der Waals surface area contributed by atoms with Gasteiger partial charge in [-0.2, -0.15) is 0 Å². The maximum absolute atomic E-state index is 14.6. The number of ether oxygens (including phenoxy) is 1. The van der Waals surface area contributed by atoms with E-state index in [0.717, 1.165) is 15.2 Å². The SMILES string of the molecule is CCN1C(=O)COc2cc(F)c(-n3c(=O)n(C)c(=O)n(CC)c3=O)cc21. The van der Waals surface area contributed by atoms with Crippen LogP contribution in [0.4, 0.5) is 10.1 Å². The maximum Gasteiger partial charge on any atom is 0.341 e. The Morgan fingerprint density at radius 1 is 1.00 bits per heavy atom. The average Bonchev–Trinajstić information content (AvgIpc) is 2.61. The Kier molecular flexibility index (Phi) is 4.26. The van der Waals surface area contributed by atoms with Crippen LogP contribution in [0.5, 0.6) is 5.75 Å². The molecule has 138 valence electrons. The van der Waals surface area contributed by atoms with E-state index in [2.05, 4.69) is 0 Å². The summed E-state index contributed by atoms with van der Waals surface area (Å²) in [4.78, 5) is 50.4. The van der Waals surface area contributed by atoms with E-state index in [-0.39, 0.29) is 36.2 Å². The van der Waals surface area contributed by atoms with Gasteiger partial charge >= 0.3 is 17.1 Å². The van der Waals surface area contributed by atoms with Crippen molar-refractivity contribution in [3.63, 3.8) is 0 Å². The monoisotopic (exact) mass is 364 g/mol. The van der Waals surface area contributed by atoms with Crippen molar-refractivity contribution in [1.29, 1.82) is 0 Å². The van der Waals surface area contributed by atoms with Crippen molar-refractivity contribution in [2.24, 2.45) is 7.05 Å². The fraction of sp³-hybridized carbons (Fsp3) is 0.375. The smallest absolute Gasteiger partial charge is 0.341 e. The first kappa shape index (κ1) is 17.6. The molecule has 26 heavy (non-hydrogen) atoms. The predicted molar refractivity (Wildman–Crippen MR) is 90.7 cm³/mol. The lowest BCUT2D eigenvalue weighted by Crippen LogP contribution is -2.53. The van der Waals surface area contributed by atoms with Crippen LogP contribution >= 0.6 is 0 Å². The number of likely N-dealkylation sites (N-methyl/N-ethyl adjacent to an activating group) is 1. The van der Waals surface area contributed by atoms with Crippen molar-refractivity contribution < 1.29 is 13.9 Å². The number of aromatic nitrogens is 3. The van der Waals surface area contributed by atoms with Gasteiger partial charge in [-0.05, 0) is 19.9 Å². The van der Waals surface area contributed by atoms with Crippen molar-refractivity contribution in [2.75, 3.05) is 18.1 Å². The van der Waals surface area contributed by atoms with Gasteiger partial charge in [-0.1, -0.05) is 0 Å². The van der Waals surface area contributed by atoms with Crippen LogP contribution in [-0.2, 0) is 18.4 Å². The molecule has 1 amide bonds. The topological polar surface area (TPSA) is 95.5 Å². The molecule has 0 unspecified atom stereocenters. The fourth-order valence-electron chi connectivity index (χ4n) is 2.90. The number of amides is 1. The van der Waals surface area contributed by atoms with E-state index in [4.69, 9.17) is 4.74 Å². The summed E-state index contributed by atoms with van der Waals surface area (Å²) in [5, 5.41) is 0. The van der Waals surface area contributed by atoms with Gasteiger partial charge in [-0.15, -0.1) is 0 Å². The van der Waals surface area contributed by atoms with Gasteiger partial charge in [0.1, 0.15) is 5.75 Å². The second kappa shape index (κ2) is 6.28. The summed E-state index contributed by atoms with van der Waals surface area (Å²) >= 11 is 0. The molecule has 1 aromatic carbocycles. The first-order valence-electron chi connectivity index (χ1n) is 8.01. The number of nitrogens with zero attached hydrogens (tertiary/aromatic N) is 4. The molecule has 3 rings (SSSR count). The molecule has 0 N–H and O–H groups in total. The Morgan fingerprint density at radius 2 is 1.69 bits per heavy atom. The van der Waals surface area contributed by atoms with Gasteiger partial charge in [0, 0.05) is 26.2 Å². The maximum atomic E-state index is 14.6. The van der Waals surface area contributed by atoms with Gasteiger partial charge in [-0.25, -0.2) is 32.5 Å². The molecule has 0 spiro atoms. The zero-order chi connectivity index (χ0) is 19.2. The quantitative estimate of drug-likeness (QED) is 0.739. The highest BCUT2D eigenvalue weighted by molar-refractivity contribution is 5.98. The Bertz CT molecular complexity index is 1080. The molecule has 2 heterocycles. The second-order valence-corrected chi connectivity index (χ2v) is 5.68. The third-order valence-corrected chi connectivity index (χ3v) is 4.26. The van der Waals surface area contributed by atoms with E-state index in [9.17, 15) is 23.6 Å². The summed E-state index contributed by atoms with van der Waals surface area (Å²) in [7, 11) is 1.20. The zero-order valence-electron chi connectivity index (χ0n) is 14.5. The van der Waals surface area contributed by atoms with Crippen LogP contribution in [0.3, 0.4) is 0 Å². The molecule has 0 fully saturated rings. The number of hydrogen-bond donors (Lipinski definition) is 0. The third kappa shape index (κ3) is 2.45. The Hall–Kier alpha value is -3.17. The normalized spacial score (nSPS) is 13.5. The number of rotatable bonds is 3. The van der Waals surface area contributed by atoms with Crippen LogP contribution in [0.15, 0.2) is 26.5 Å². The molecule has 0 saturated carbocycles. The summed E-state index contributed by atoms with van der Waals surface area (Å²) in [6, 6.07) is 2.23. The number of hydrogen-bond acceptors (Lipinski definition) is 5. The highest BCUT2D eigenvalue weighted by atomic mass is 19.1.